The predicted octanol–water partition coefficient (Wildman–Crippen LogP) is 5.16. The van der Waals surface area contributed by atoms with Gasteiger partial charge in [-0.05, 0) is 42.7 Å². The predicted molar refractivity (Wildman–Crippen MR) is 161 cm³/mol. The zero-order chi connectivity index (χ0) is 33.4. The van der Waals surface area contributed by atoms with Crippen molar-refractivity contribution >= 4 is 31.7 Å². The van der Waals surface area contributed by atoms with Crippen LogP contribution in [0.25, 0.3) is 11.6 Å². The van der Waals surface area contributed by atoms with Crippen LogP contribution in [-0.4, -0.2) is 62.6 Å². The van der Waals surface area contributed by atoms with Crippen LogP contribution < -0.4 is 18.9 Å². The third-order valence-corrected chi connectivity index (χ3v) is 8.72. The second-order valence-electron chi connectivity index (χ2n) is 9.43. The van der Waals surface area contributed by atoms with E-state index in [1.165, 1.54) is 43.8 Å². The number of nitrogens with zero attached hydrogens (tertiary/aromatic N) is 4. The lowest BCUT2D eigenvalue weighted by molar-refractivity contribution is -0.322. The molecule has 0 aliphatic heterocycles. The van der Waals surface area contributed by atoms with Gasteiger partial charge < -0.3 is 9.47 Å². The zero-order valence-corrected chi connectivity index (χ0v) is 26.1. The summed E-state index contributed by atoms with van der Waals surface area (Å²) in [5.74, 6) is -3.14. The standard InChI is InChI=1S/C28H29F3N6O7S2/c1-3-4-10-19-11-5-8-14-22(19)46(40,41)37-25-23(44-21-13-7-6-12-20(21)42-2)24(34-27(35-25)26-32-15-9-16-33-26)36-45(38,39)18-17-43-28(29,30)31/h5-9,11-16H,3-4,10,17-18H2,1-2H3,(H2,34,35,36,37). The topological polar surface area (TPSA) is 172 Å². The highest BCUT2D eigenvalue weighted by molar-refractivity contribution is 7.93. The van der Waals surface area contributed by atoms with Gasteiger partial charge in [0.1, 0.15) is 0 Å². The molecule has 0 saturated carbocycles. The molecule has 246 valence electrons. The van der Waals surface area contributed by atoms with E-state index < -0.39 is 56.2 Å². The Balaban J connectivity index is 1.89. The molecule has 0 aliphatic carbocycles. The number of unbranched alkanes of at least 4 members (excludes halogenated alkanes) is 1. The summed E-state index contributed by atoms with van der Waals surface area (Å²) in [6.07, 6.45) is -0.409. The minimum Gasteiger partial charge on any atom is -0.493 e. The summed E-state index contributed by atoms with van der Waals surface area (Å²) in [4.78, 5) is 16.5. The van der Waals surface area contributed by atoms with Gasteiger partial charge in [-0.2, -0.15) is 0 Å². The molecule has 2 N–H and O–H groups in total. The molecule has 2 heterocycles. The zero-order valence-electron chi connectivity index (χ0n) is 24.5. The van der Waals surface area contributed by atoms with Gasteiger partial charge in [0.15, 0.2) is 29.0 Å². The number of hydrogen-bond donors (Lipinski definition) is 2. The second kappa shape index (κ2) is 14.7. The van der Waals surface area contributed by atoms with Crippen LogP contribution in [0, 0.1) is 0 Å². The molecule has 0 atom stereocenters. The fraction of sp³-hybridized carbons (Fsp3) is 0.286. The van der Waals surface area contributed by atoms with Gasteiger partial charge in [0.05, 0.1) is 24.4 Å². The third-order valence-electron chi connectivity index (χ3n) is 6.08. The van der Waals surface area contributed by atoms with Crippen molar-refractivity contribution in [3.8, 4) is 28.9 Å². The molecule has 2 aromatic carbocycles. The van der Waals surface area contributed by atoms with E-state index in [1.54, 1.807) is 30.3 Å². The Morgan fingerprint density at radius 3 is 2.11 bits per heavy atom. The summed E-state index contributed by atoms with van der Waals surface area (Å²) < 4.78 is 111. The SMILES string of the molecule is CCCCc1ccccc1S(=O)(=O)Nc1nc(-c2ncccn2)nc(NS(=O)(=O)CCOC(F)(F)F)c1Oc1ccccc1OC. The van der Waals surface area contributed by atoms with Crippen molar-refractivity contribution in [2.45, 2.75) is 37.4 Å². The first-order valence-corrected chi connectivity index (χ1v) is 16.8. The van der Waals surface area contributed by atoms with Gasteiger partial charge in [0.25, 0.3) is 10.0 Å². The molecule has 13 nitrogen and oxygen atoms in total. The van der Waals surface area contributed by atoms with Crippen molar-refractivity contribution in [3.63, 3.8) is 0 Å². The van der Waals surface area contributed by atoms with E-state index >= 15 is 0 Å². The van der Waals surface area contributed by atoms with Crippen molar-refractivity contribution in [2.75, 3.05) is 28.9 Å². The fourth-order valence-electron chi connectivity index (χ4n) is 4.00. The van der Waals surface area contributed by atoms with Gasteiger partial charge in [-0.25, -0.2) is 36.8 Å². The highest BCUT2D eigenvalue weighted by atomic mass is 32.2. The van der Waals surface area contributed by atoms with Crippen molar-refractivity contribution < 1.29 is 44.2 Å². The number of aromatic nitrogens is 4. The van der Waals surface area contributed by atoms with Crippen LogP contribution in [-0.2, 0) is 31.2 Å². The summed E-state index contributed by atoms with van der Waals surface area (Å²) in [6.45, 7) is 0.720. The summed E-state index contributed by atoms with van der Waals surface area (Å²) in [5.41, 5.74) is 0.523. The van der Waals surface area contributed by atoms with Gasteiger partial charge >= 0.3 is 6.36 Å². The van der Waals surface area contributed by atoms with Crippen LogP contribution in [0.1, 0.15) is 25.3 Å². The number of methoxy groups -OCH3 is 1. The van der Waals surface area contributed by atoms with E-state index in [0.29, 0.717) is 18.4 Å². The molecular weight excluding hydrogens is 653 g/mol. The van der Waals surface area contributed by atoms with Crippen LogP contribution in [0.4, 0.5) is 24.8 Å². The molecule has 0 amide bonds. The average molecular weight is 683 g/mol. The smallest absolute Gasteiger partial charge is 0.493 e. The van der Waals surface area contributed by atoms with Crippen LogP contribution in [0.15, 0.2) is 71.9 Å². The molecule has 4 rings (SSSR count). The number of sulfonamides is 2. The van der Waals surface area contributed by atoms with Crippen molar-refractivity contribution in [3.05, 3.63) is 72.6 Å². The first kappa shape index (κ1) is 34.3. The molecule has 46 heavy (non-hydrogen) atoms. The van der Waals surface area contributed by atoms with Crippen LogP contribution in [0.2, 0.25) is 0 Å². The maximum absolute atomic E-state index is 13.8. The number of anilines is 2. The quantitative estimate of drug-likeness (QED) is 0.170. The molecule has 18 heteroatoms. The lowest BCUT2D eigenvalue weighted by atomic mass is 10.1. The Morgan fingerprint density at radius 1 is 0.826 bits per heavy atom. The fourth-order valence-corrected chi connectivity index (χ4v) is 6.11. The minimum absolute atomic E-state index is 0.00181. The molecule has 0 aliphatic rings. The van der Waals surface area contributed by atoms with Gasteiger partial charge in [-0.15, -0.1) is 13.2 Å². The van der Waals surface area contributed by atoms with E-state index in [-0.39, 0.29) is 28.0 Å². The molecule has 0 radical (unpaired) electrons. The highest BCUT2D eigenvalue weighted by Gasteiger charge is 2.31. The normalized spacial score (nSPS) is 12.0. The molecule has 0 bridgehead atoms. The number of alkyl halides is 3. The van der Waals surface area contributed by atoms with Crippen molar-refractivity contribution in [1.29, 1.82) is 0 Å². The van der Waals surface area contributed by atoms with Crippen LogP contribution in [0.5, 0.6) is 17.2 Å². The molecule has 0 saturated heterocycles. The summed E-state index contributed by atoms with van der Waals surface area (Å²) >= 11 is 0. The van der Waals surface area contributed by atoms with E-state index in [9.17, 15) is 30.0 Å². The van der Waals surface area contributed by atoms with Crippen molar-refractivity contribution in [1.82, 2.24) is 19.9 Å². The van der Waals surface area contributed by atoms with Crippen molar-refractivity contribution in [2.24, 2.45) is 0 Å². The highest BCUT2D eigenvalue weighted by Crippen LogP contribution is 2.40. The Labute approximate surface area is 263 Å². The van der Waals surface area contributed by atoms with E-state index in [0.717, 1.165) is 6.42 Å². The molecule has 4 aromatic rings. The molecular formula is C28H29F3N6O7S2. The first-order valence-electron chi connectivity index (χ1n) is 13.6. The van der Waals surface area contributed by atoms with Gasteiger partial charge in [0, 0.05) is 12.4 Å². The summed E-state index contributed by atoms with van der Waals surface area (Å²) in [5, 5.41) is 0. The van der Waals surface area contributed by atoms with Gasteiger partial charge in [-0.3, -0.25) is 14.2 Å². The Kier molecular flexibility index (Phi) is 11.0. The number of nitrogens with one attached hydrogen (secondary N) is 2. The lowest BCUT2D eigenvalue weighted by Crippen LogP contribution is -2.25. The van der Waals surface area contributed by atoms with E-state index in [2.05, 4.69) is 34.1 Å². The average Bonchev–Trinajstić information content (AvgIpc) is 3.01. The van der Waals surface area contributed by atoms with E-state index in [4.69, 9.17) is 9.47 Å². The number of rotatable bonds is 15. The third kappa shape index (κ3) is 9.24. The maximum atomic E-state index is 13.8. The number of aryl methyl sites for hydroxylation is 1. The lowest BCUT2D eigenvalue weighted by Gasteiger charge is -2.19. The van der Waals surface area contributed by atoms with Gasteiger partial charge in [-0.1, -0.05) is 43.7 Å². The Bertz CT molecular complexity index is 1860. The molecule has 2 aromatic heterocycles. The Morgan fingerprint density at radius 2 is 1.46 bits per heavy atom. The van der Waals surface area contributed by atoms with Crippen LogP contribution in [0.3, 0.4) is 0 Å². The minimum atomic E-state index is -5.07. The number of halogens is 3. The molecule has 0 unspecified atom stereocenters. The van der Waals surface area contributed by atoms with E-state index in [1.807, 2.05) is 6.92 Å². The first-order chi connectivity index (χ1) is 21.8. The largest absolute Gasteiger partial charge is 0.522 e. The summed E-state index contributed by atoms with van der Waals surface area (Å²) in [6, 6.07) is 14.0. The maximum Gasteiger partial charge on any atom is 0.522 e. The molecule has 0 spiro atoms. The molecule has 0 fully saturated rings. The number of ether oxygens (including phenoxy) is 3. The summed E-state index contributed by atoms with van der Waals surface area (Å²) in [7, 11) is -7.68. The van der Waals surface area contributed by atoms with Crippen LogP contribution >= 0.6 is 0 Å². The monoisotopic (exact) mass is 682 g/mol. The number of benzene rings is 2. The number of para-hydroxylation sites is 2. The Hall–Kier alpha value is -4.55. The second-order valence-corrected chi connectivity index (χ2v) is 12.9. The van der Waals surface area contributed by atoms with Gasteiger partial charge in [0.2, 0.25) is 21.6 Å². The number of hydrogen-bond acceptors (Lipinski definition) is 11.